The molecule has 0 unspecified atom stereocenters. The topological polar surface area (TPSA) is 75.0 Å². The Balaban J connectivity index is 1.51. The minimum atomic E-state index is -0.0220. The molecule has 0 aromatic carbocycles. The fourth-order valence-corrected chi connectivity index (χ4v) is 2.76. The van der Waals surface area contributed by atoms with Crippen molar-refractivity contribution in [3.8, 4) is 0 Å². The zero-order valence-corrected chi connectivity index (χ0v) is 11.3. The van der Waals surface area contributed by atoms with Crippen LogP contribution in [0.5, 0.6) is 0 Å². The fraction of sp³-hybridized carbons (Fsp3) is 0.500. The first kappa shape index (κ1) is 11.8. The molecule has 0 spiro atoms. The molecule has 1 N–H and O–H groups in total. The molecule has 0 amide bonds. The molecule has 1 aliphatic heterocycles. The number of nitrogens with one attached hydrogen (secondary N) is 1. The van der Waals surface area contributed by atoms with E-state index in [0.29, 0.717) is 31.4 Å². The minimum absolute atomic E-state index is 0.0220. The third-order valence-electron chi connectivity index (χ3n) is 3.93. The Kier molecular flexibility index (Phi) is 2.53. The van der Waals surface area contributed by atoms with Crippen molar-refractivity contribution in [1.29, 1.82) is 0 Å². The van der Waals surface area contributed by atoms with E-state index in [-0.39, 0.29) is 5.56 Å². The van der Waals surface area contributed by atoms with Crippen molar-refractivity contribution in [2.75, 3.05) is 0 Å². The number of rotatable bonds is 3. The zero-order chi connectivity index (χ0) is 13.7. The Morgan fingerprint density at radius 3 is 3.10 bits per heavy atom. The number of aryl methyl sites for hydroxylation is 1. The fourth-order valence-electron chi connectivity index (χ4n) is 2.76. The van der Waals surface area contributed by atoms with Crippen LogP contribution in [-0.4, -0.2) is 20.0 Å². The lowest BCUT2D eigenvalue weighted by Crippen LogP contribution is -2.18. The number of hydrogen-bond acceptors (Lipinski definition) is 5. The molecule has 6 nitrogen and oxygen atoms in total. The van der Waals surface area contributed by atoms with Gasteiger partial charge in [0, 0.05) is 25.1 Å². The Bertz CT molecular complexity index is 714. The molecule has 104 valence electrons. The lowest BCUT2D eigenvalue weighted by atomic mass is 10.2. The molecule has 2 aliphatic rings. The first-order valence-electron chi connectivity index (χ1n) is 6.95. The van der Waals surface area contributed by atoms with E-state index in [2.05, 4.69) is 20.0 Å². The lowest BCUT2D eigenvalue weighted by molar-refractivity contribution is 0.234. The molecule has 2 aromatic rings. The Hall–Kier alpha value is -1.95. The van der Waals surface area contributed by atoms with Crippen LogP contribution in [0.15, 0.2) is 15.4 Å². The van der Waals surface area contributed by atoms with E-state index < -0.39 is 0 Å². The summed E-state index contributed by atoms with van der Waals surface area (Å²) in [5.41, 5.74) is 2.71. The molecule has 2 aromatic heterocycles. The van der Waals surface area contributed by atoms with E-state index in [1.165, 1.54) is 12.8 Å². The van der Waals surface area contributed by atoms with Gasteiger partial charge in [0.15, 0.2) is 5.76 Å². The molecule has 3 heterocycles. The van der Waals surface area contributed by atoms with Gasteiger partial charge in [-0.05, 0) is 19.8 Å². The number of H-pyrrole nitrogens is 1. The number of aromatic nitrogens is 3. The maximum atomic E-state index is 11.9. The quantitative estimate of drug-likeness (QED) is 0.915. The highest BCUT2D eigenvalue weighted by atomic mass is 16.5. The van der Waals surface area contributed by atoms with Crippen LogP contribution in [0.1, 0.15) is 47.3 Å². The van der Waals surface area contributed by atoms with Crippen molar-refractivity contribution in [3.05, 3.63) is 45.0 Å². The molecule has 1 fully saturated rings. The van der Waals surface area contributed by atoms with E-state index in [4.69, 9.17) is 4.52 Å². The molecule has 6 heteroatoms. The van der Waals surface area contributed by atoms with Gasteiger partial charge in [-0.1, -0.05) is 5.16 Å². The Morgan fingerprint density at radius 1 is 1.45 bits per heavy atom. The first-order chi connectivity index (χ1) is 9.69. The van der Waals surface area contributed by atoms with E-state index in [1.807, 2.05) is 13.0 Å². The van der Waals surface area contributed by atoms with Crippen molar-refractivity contribution in [1.82, 2.24) is 20.0 Å². The maximum Gasteiger partial charge on any atom is 0.255 e. The van der Waals surface area contributed by atoms with E-state index >= 15 is 0 Å². The summed E-state index contributed by atoms with van der Waals surface area (Å²) in [7, 11) is 0. The van der Waals surface area contributed by atoms with Crippen LogP contribution in [0.25, 0.3) is 0 Å². The van der Waals surface area contributed by atoms with Gasteiger partial charge in [-0.15, -0.1) is 0 Å². The highest BCUT2D eigenvalue weighted by molar-refractivity contribution is 5.22. The standard InChI is InChI=1S/C14H16N4O2/c1-8-15-13-7-18(6-11(13)14(19)16-8)5-10-4-12(17-20-10)9-2-3-9/h4,9H,2-3,5-7H2,1H3,(H,15,16,19). The monoisotopic (exact) mass is 272 g/mol. The van der Waals surface area contributed by atoms with Gasteiger partial charge in [0.2, 0.25) is 0 Å². The zero-order valence-electron chi connectivity index (χ0n) is 11.3. The van der Waals surface area contributed by atoms with Gasteiger partial charge in [-0.3, -0.25) is 9.69 Å². The largest absolute Gasteiger partial charge is 0.360 e. The third-order valence-corrected chi connectivity index (χ3v) is 3.93. The van der Waals surface area contributed by atoms with E-state index in [9.17, 15) is 4.79 Å². The molecule has 0 radical (unpaired) electrons. The van der Waals surface area contributed by atoms with E-state index in [1.54, 1.807) is 0 Å². The second-order valence-corrected chi connectivity index (χ2v) is 5.71. The maximum absolute atomic E-state index is 11.9. The average Bonchev–Trinajstić information content (AvgIpc) is 3.01. The van der Waals surface area contributed by atoms with Gasteiger partial charge < -0.3 is 9.51 Å². The summed E-state index contributed by atoms with van der Waals surface area (Å²) in [6.45, 7) is 3.80. The molecule has 0 atom stereocenters. The lowest BCUT2D eigenvalue weighted by Gasteiger charge is -2.10. The summed E-state index contributed by atoms with van der Waals surface area (Å²) in [6, 6.07) is 2.05. The van der Waals surface area contributed by atoms with Gasteiger partial charge in [-0.25, -0.2) is 4.98 Å². The van der Waals surface area contributed by atoms with Crippen LogP contribution in [0.4, 0.5) is 0 Å². The van der Waals surface area contributed by atoms with Crippen LogP contribution < -0.4 is 5.56 Å². The van der Waals surface area contributed by atoms with Crippen molar-refractivity contribution in [2.45, 2.75) is 45.3 Å². The number of fused-ring (bicyclic) bond motifs is 1. The van der Waals surface area contributed by atoms with Gasteiger partial charge in [0.05, 0.1) is 23.5 Å². The van der Waals surface area contributed by atoms with Crippen molar-refractivity contribution in [2.24, 2.45) is 0 Å². The SMILES string of the molecule is Cc1nc2c(c(=O)[nH]1)CN(Cc1cc(C3CC3)no1)C2. The normalized spacial score (nSPS) is 18.4. The van der Waals surface area contributed by atoms with E-state index in [0.717, 1.165) is 22.7 Å². The minimum Gasteiger partial charge on any atom is -0.360 e. The summed E-state index contributed by atoms with van der Waals surface area (Å²) in [6.07, 6.45) is 2.44. The third kappa shape index (κ3) is 2.06. The summed E-state index contributed by atoms with van der Waals surface area (Å²) in [5, 5.41) is 4.12. The predicted octanol–water partition coefficient (Wildman–Crippen LogP) is 1.46. The second kappa shape index (κ2) is 4.28. The number of hydrogen-bond donors (Lipinski definition) is 1. The number of nitrogens with zero attached hydrogens (tertiary/aromatic N) is 3. The van der Waals surface area contributed by atoms with Gasteiger partial charge in [-0.2, -0.15) is 0 Å². The molecular formula is C14H16N4O2. The average molecular weight is 272 g/mol. The van der Waals surface area contributed by atoms with Gasteiger partial charge in [0.25, 0.3) is 5.56 Å². The Labute approximate surface area is 115 Å². The molecule has 0 bridgehead atoms. The van der Waals surface area contributed by atoms with Crippen LogP contribution >= 0.6 is 0 Å². The summed E-state index contributed by atoms with van der Waals surface area (Å²) >= 11 is 0. The smallest absolute Gasteiger partial charge is 0.255 e. The molecule has 1 saturated carbocycles. The summed E-state index contributed by atoms with van der Waals surface area (Å²) in [5.74, 6) is 2.15. The molecule has 0 saturated heterocycles. The van der Waals surface area contributed by atoms with Gasteiger partial charge in [0.1, 0.15) is 5.82 Å². The first-order valence-corrected chi connectivity index (χ1v) is 6.95. The summed E-state index contributed by atoms with van der Waals surface area (Å²) < 4.78 is 5.38. The molecule has 4 rings (SSSR count). The molecule has 20 heavy (non-hydrogen) atoms. The molecular weight excluding hydrogens is 256 g/mol. The highest BCUT2D eigenvalue weighted by Crippen LogP contribution is 2.39. The second-order valence-electron chi connectivity index (χ2n) is 5.71. The van der Waals surface area contributed by atoms with Crippen LogP contribution in [0.2, 0.25) is 0 Å². The summed E-state index contributed by atoms with van der Waals surface area (Å²) in [4.78, 5) is 21.2. The molecule has 1 aliphatic carbocycles. The van der Waals surface area contributed by atoms with Gasteiger partial charge >= 0.3 is 0 Å². The Morgan fingerprint density at radius 2 is 2.30 bits per heavy atom. The van der Waals surface area contributed by atoms with Crippen molar-refractivity contribution in [3.63, 3.8) is 0 Å². The predicted molar refractivity (Wildman–Crippen MR) is 71.0 cm³/mol. The number of aromatic amines is 1. The van der Waals surface area contributed by atoms with Crippen LogP contribution in [-0.2, 0) is 19.6 Å². The van der Waals surface area contributed by atoms with Crippen molar-refractivity contribution < 1.29 is 4.52 Å². The highest BCUT2D eigenvalue weighted by Gasteiger charge is 2.28. The van der Waals surface area contributed by atoms with Crippen molar-refractivity contribution >= 4 is 0 Å². The van der Waals surface area contributed by atoms with Crippen LogP contribution in [0.3, 0.4) is 0 Å². The van der Waals surface area contributed by atoms with Crippen LogP contribution in [0, 0.1) is 6.92 Å².